The van der Waals surface area contributed by atoms with E-state index in [1.165, 1.54) is 0 Å². The Hall–Kier alpha value is -2.49. The molecule has 0 saturated heterocycles. The van der Waals surface area contributed by atoms with E-state index in [2.05, 4.69) is 10.6 Å². The van der Waals surface area contributed by atoms with E-state index in [9.17, 15) is 18.4 Å². The third-order valence-electron chi connectivity index (χ3n) is 2.85. The number of hydrogen-bond donors (Lipinski definition) is 2. The van der Waals surface area contributed by atoms with E-state index in [0.29, 0.717) is 12.5 Å². The SMILES string of the molecule is CC(C)C[C@H](NC(=O)c1ccc(F)cc1F)C(=O)NCC#N. The van der Waals surface area contributed by atoms with Gasteiger partial charge in [-0.05, 0) is 24.5 Å². The predicted octanol–water partition coefficient (Wildman–Crippen LogP) is 1.75. The fraction of sp³-hybridized carbons (Fsp3) is 0.400. The normalized spacial score (nSPS) is 11.6. The molecule has 1 rings (SSSR count). The molecule has 1 atom stereocenters. The highest BCUT2D eigenvalue weighted by atomic mass is 19.1. The Labute approximate surface area is 127 Å². The molecule has 0 bridgehead atoms. The number of rotatable bonds is 6. The van der Waals surface area contributed by atoms with Crippen LogP contribution in [0, 0.1) is 28.9 Å². The maximum atomic E-state index is 13.6. The van der Waals surface area contributed by atoms with Gasteiger partial charge in [0.1, 0.15) is 24.2 Å². The van der Waals surface area contributed by atoms with Crippen molar-refractivity contribution in [2.75, 3.05) is 6.54 Å². The van der Waals surface area contributed by atoms with Crippen molar-refractivity contribution in [3.05, 3.63) is 35.4 Å². The van der Waals surface area contributed by atoms with E-state index in [1.54, 1.807) is 6.07 Å². The van der Waals surface area contributed by atoms with Crippen molar-refractivity contribution in [1.29, 1.82) is 5.26 Å². The molecular formula is C15H17F2N3O2. The lowest BCUT2D eigenvalue weighted by Crippen LogP contribution is -2.47. The fourth-order valence-corrected chi connectivity index (χ4v) is 1.86. The maximum Gasteiger partial charge on any atom is 0.254 e. The van der Waals surface area contributed by atoms with Gasteiger partial charge in [-0.15, -0.1) is 0 Å². The van der Waals surface area contributed by atoms with Crippen LogP contribution in [0.3, 0.4) is 0 Å². The molecule has 1 aromatic rings. The highest BCUT2D eigenvalue weighted by molar-refractivity contribution is 5.97. The molecule has 118 valence electrons. The second-order valence-electron chi connectivity index (χ2n) is 5.16. The highest BCUT2D eigenvalue weighted by Crippen LogP contribution is 2.11. The van der Waals surface area contributed by atoms with E-state index >= 15 is 0 Å². The van der Waals surface area contributed by atoms with Gasteiger partial charge in [-0.2, -0.15) is 5.26 Å². The molecule has 22 heavy (non-hydrogen) atoms. The van der Waals surface area contributed by atoms with Crippen LogP contribution in [0.1, 0.15) is 30.6 Å². The molecule has 0 spiro atoms. The standard InChI is InChI=1S/C15H17F2N3O2/c1-9(2)7-13(15(22)19-6-5-18)20-14(21)11-4-3-10(16)8-12(11)17/h3-4,8-9,13H,6-7H2,1-2H3,(H,19,22)(H,20,21)/t13-/m0/s1. The number of hydrogen-bond acceptors (Lipinski definition) is 3. The van der Waals surface area contributed by atoms with Gasteiger partial charge in [0.25, 0.3) is 5.91 Å². The zero-order valence-corrected chi connectivity index (χ0v) is 12.3. The van der Waals surface area contributed by atoms with Gasteiger partial charge in [0.2, 0.25) is 5.91 Å². The molecule has 7 heteroatoms. The molecule has 0 saturated carbocycles. The topological polar surface area (TPSA) is 82.0 Å². The lowest BCUT2D eigenvalue weighted by Gasteiger charge is -2.19. The van der Waals surface area contributed by atoms with Crippen molar-refractivity contribution in [3.63, 3.8) is 0 Å². The Bertz CT molecular complexity index is 597. The first-order valence-corrected chi connectivity index (χ1v) is 6.75. The van der Waals surface area contributed by atoms with E-state index in [0.717, 1.165) is 12.1 Å². The van der Waals surface area contributed by atoms with Crippen molar-refractivity contribution in [2.45, 2.75) is 26.3 Å². The summed E-state index contributed by atoms with van der Waals surface area (Å²) in [6.45, 7) is 3.53. The number of amides is 2. The lowest BCUT2D eigenvalue weighted by atomic mass is 10.0. The van der Waals surface area contributed by atoms with Gasteiger partial charge >= 0.3 is 0 Å². The number of carbonyl (C=O) groups excluding carboxylic acids is 2. The molecule has 1 aromatic carbocycles. The van der Waals surface area contributed by atoms with Crippen LogP contribution in [-0.4, -0.2) is 24.4 Å². The number of nitriles is 1. The summed E-state index contributed by atoms with van der Waals surface area (Å²) in [5.41, 5.74) is -0.344. The van der Waals surface area contributed by atoms with Gasteiger partial charge in [-0.25, -0.2) is 8.78 Å². The lowest BCUT2D eigenvalue weighted by molar-refractivity contribution is -0.123. The van der Waals surface area contributed by atoms with Gasteiger partial charge in [0.05, 0.1) is 11.6 Å². The Morgan fingerprint density at radius 2 is 2.00 bits per heavy atom. The van der Waals surface area contributed by atoms with Gasteiger partial charge in [0, 0.05) is 6.07 Å². The number of nitrogens with one attached hydrogen (secondary N) is 2. The fourth-order valence-electron chi connectivity index (χ4n) is 1.86. The van der Waals surface area contributed by atoms with Crippen LogP contribution in [0.4, 0.5) is 8.78 Å². The maximum absolute atomic E-state index is 13.6. The Kier molecular flexibility index (Phi) is 6.45. The van der Waals surface area contributed by atoms with Gasteiger partial charge in [-0.3, -0.25) is 9.59 Å². The van der Waals surface area contributed by atoms with Gasteiger partial charge in [-0.1, -0.05) is 13.8 Å². The van der Waals surface area contributed by atoms with Crippen LogP contribution in [0.25, 0.3) is 0 Å². The second-order valence-corrected chi connectivity index (χ2v) is 5.16. The van der Waals surface area contributed by atoms with E-state index in [1.807, 2.05) is 13.8 Å². The first-order valence-electron chi connectivity index (χ1n) is 6.75. The van der Waals surface area contributed by atoms with Crippen LogP contribution in [0.5, 0.6) is 0 Å². The van der Waals surface area contributed by atoms with Crippen molar-refractivity contribution < 1.29 is 18.4 Å². The average molecular weight is 309 g/mol. The molecule has 0 aliphatic carbocycles. The summed E-state index contributed by atoms with van der Waals surface area (Å²) in [4.78, 5) is 23.9. The molecule has 0 heterocycles. The van der Waals surface area contributed by atoms with E-state index in [4.69, 9.17) is 5.26 Å². The van der Waals surface area contributed by atoms with Crippen LogP contribution >= 0.6 is 0 Å². The van der Waals surface area contributed by atoms with E-state index < -0.39 is 29.5 Å². The molecule has 0 radical (unpaired) electrons. The average Bonchev–Trinajstić information content (AvgIpc) is 2.43. The Morgan fingerprint density at radius 1 is 1.32 bits per heavy atom. The second kappa shape index (κ2) is 8.08. The molecular weight excluding hydrogens is 292 g/mol. The summed E-state index contributed by atoms with van der Waals surface area (Å²) >= 11 is 0. The van der Waals surface area contributed by atoms with Crippen LogP contribution in [0.2, 0.25) is 0 Å². The summed E-state index contributed by atoms with van der Waals surface area (Å²) in [7, 11) is 0. The third-order valence-corrected chi connectivity index (χ3v) is 2.85. The summed E-state index contributed by atoms with van der Waals surface area (Å²) in [6, 6.07) is 3.44. The smallest absolute Gasteiger partial charge is 0.254 e. The monoisotopic (exact) mass is 309 g/mol. The summed E-state index contributed by atoms with van der Waals surface area (Å²) in [5.74, 6) is -3.03. The molecule has 0 aliphatic heterocycles. The van der Waals surface area contributed by atoms with Crippen molar-refractivity contribution >= 4 is 11.8 Å². The molecule has 0 aromatic heterocycles. The zero-order valence-electron chi connectivity index (χ0n) is 12.3. The molecule has 5 nitrogen and oxygen atoms in total. The minimum atomic E-state index is -1.00. The predicted molar refractivity (Wildman–Crippen MR) is 75.7 cm³/mol. The van der Waals surface area contributed by atoms with Crippen LogP contribution < -0.4 is 10.6 Å². The first-order chi connectivity index (χ1) is 10.3. The summed E-state index contributed by atoms with van der Waals surface area (Å²) in [6.07, 6.45) is 0.325. The minimum absolute atomic E-state index is 0.0937. The van der Waals surface area contributed by atoms with Crippen molar-refractivity contribution in [1.82, 2.24) is 10.6 Å². The third kappa shape index (κ3) is 5.13. The Balaban J connectivity index is 2.86. The largest absolute Gasteiger partial charge is 0.341 e. The minimum Gasteiger partial charge on any atom is -0.341 e. The quantitative estimate of drug-likeness (QED) is 0.785. The number of nitrogens with zero attached hydrogens (tertiary/aromatic N) is 1. The molecule has 0 aliphatic rings. The Morgan fingerprint density at radius 3 is 2.55 bits per heavy atom. The van der Waals surface area contributed by atoms with Gasteiger partial charge < -0.3 is 10.6 Å². The summed E-state index contributed by atoms with van der Waals surface area (Å²) in [5, 5.41) is 13.2. The van der Waals surface area contributed by atoms with Gasteiger partial charge in [0.15, 0.2) is 0 Å². The first kappa shape index (κ1) is 17.6. The highest BCUT2D eigenvalue weighted by Gasteiger charge is 2.23. The molecule has 0 unspecified atom stereocenters. The number of benzene rings is 1. The number of halogens is 2. The van der Waals surface area contributed by atoms with Crippen LogP contribution in [-0.2, 0) is 4.79 Å². The summed E-state index contributed by atoms with van der Waals surface area (Å²) < 4.78 is 26.4. The van der Waals surface area contributed by atoms with Crippen LogP contribution in [0.15, 0.2) is 18.2 Å². The van der Waals surface area contributed by atoms with E-state index in [-0.39, 0.29) is 18.0 Å². The molecule has 2 N–H and O–H groups in total. The number of carbonyl (C=O) groups is 2. The zero-order chi connectivity index (χ0) is 16.7. The molecule has 2 amide bonds. The molecule has 0 fully saturated rings. The van der Waals surface area contributed by atoms with Crippen molar-refractivity contribution in [2.24, 2.45) is 5.92 Å². The van der Waals surface area contributed by atoms with Crippen molar-refractivity contribution in [3.8, 4) is 6.07 Å².